The maximum Gasteiger partial charge on any atom is 0.232 e. The molecule has 2 rings (SSSR count). The van der Waals surface area contributed by atoms with Gasteiger partial charge < -0.3 is 4.90 Å². The van der Waals surface area contributed by atoms with E-state index in [2.05, 4.69) is 15.3 Å². The van der Waals surface area contributed by atoms with Crippen LogP contribution in [-0.4, -0.2) is 42.3 Å². The van der Waals surface area contributed by atoms with Crippen molar-refractivity contribution in [1.29, 1.82) is 0 Å². The quantitative estimate of drug-likeness (QED) is 0.299. The van der Waals surface area contributed by atoms with E-state index in [4.69, 9.17) is 5.53 Å². The lowest BCUT2D eigenvalue weighted by Crippen LogP contribution is -2.45. The van der Waals surface area contributed by atoms with E-state index in [1.54, 1.807) is 0 Å². The summed E-state index contributed by atoms with van der Waals surface area (Å²) in [7, 11) is 0. The number of piperidine rings is 1. The minimum atomic E-state index is -0.453. The molecule has 1 N–H and O–H groups in total. The van der Waals surface area contributed by atoms with Gasteiger partial charge in [-0.2, -0.15) is 0 Å². The van der Waals surface area contributed by atoms with Crippen LogP contribution >= 0.6 is 0 Å². The minimum Gasteiger partial charge on any atom is -0.342 e. The first-order valence-electron chi connectivity index (χ1n) is 5.27. The summed E-state index contributed by atoms with van der Waals surface area (Å²) < 4.78 is 0. The fourth-order valence-electron chi connectivity index (χ4n) is 2.26. The highest BCUT2D eigenvalue weighted by atomic mass is 16.2. The maximum absolute atomic E-state index is 11.6. The number of imide groups is 1. The zero-order valence-electron chi connectivity index (χ0n) is 9.00. The zero-order chi connectivity index (χ0) is 12.4. The van der Waals surface area contributed by atoms with Crippen molar-refractivity contribution < 1.29 is 14.4 Å². The van der Waals surface area contributed by atoms with Crippen LogP contribution in [0.2, 0.25) is 0 Å². The summed E-state index contributed by atoms with van der Waals surface area (Å²) in [5.74, 6) is -1.64. The molecule has 0 spiro atoms. The summed E-state index contributed by atoms with van der Waals surface area (Å²) in [5, 5.41) is 5.45. The van der Waals surface area contributed by atoms with E-state index < -0.39 is 5.92 Å². The van der Waals surface area contributed by atoms with Crippen molar-refractivity contribution in [2.24, 2.45) is 17.0 Å². The zero-order valence-corrected chi connectivity index (χ0v) is 9.00. The van der Waals surface area contributed by atoms with Crippen LogP contribution in [0, 0.1) is 11.8 Å². The average molecular weight is 237 g/mol. The van der Waals surface area contributed by atoms with Gasteiger partial charge in [0.15, 0.2) is 0 Å². The molecule has 2 heterocycles. The lowest BCUT2D eigenvalue weighted by molar-refractivity contribution is -0.135. The molecule has 0 aromatic heterocycles. The van der Waals surface area contributed by atoms with E-state index in [1.165, 1.54) is 4.90 Å². The highest BCUT2D eigenvalue weighted by Gasteiger charge is 2.45. The van der Waals surface area contributed by atoms with Crippen molar-refractivity contribution >= 4 is 17.7 Å². The highest BCUT2D eigenvalue weighted by Crippen LogP contribution is 2.28. The lowest BCUT2D eigenvalue weighted by Gasteiger charge is -2.32. The van der Waals surface area contributed by atoms with Crippen molar-refractivity contribution in [3.63, 3.8) is 0 Å². The number of azide groups is 1. The molecule has 8 heteroatoms. The molecule has 2 fully saturated rings. The van der Waals surface area contributed by atoms with Gasteiger partial charge in [-0.1, -0.05) is 5.11 Å². The molecule has 2 atom stereocenters. The van der Waals surface area contributed by atoms with Crippen LogP contribution in [-0.2, 0) is 14.4 Å². The number of likely N-dealkylation sites (tertiary alicyclic amines) is 1. The van der Waals surface area contributed by atoms with Gasteiger partial charge in [0.05, 0.1) is 11.8 Å². The Morgan fingerprint density at radius 1 is 1.47 bits per heavy atom. The Balaban J connectivity index is 2.02. The molecule has 0 bridgehead atoms. The standard InChI is InChI=1S/C9H11N5O3/c10-13-11-3-7(15)14-2-1-5-6(4-14)9(17)12-8(5)16/h5-6H,1-4H2,(H,12,16,17)/t5-,6+/m0/s1. The largest absolute Gasteiger partial charge is 0.342 e. The predicted molar refractivity (Wildman–Crippen MR) is 55.3 cm³/mol. The Labute approximate surface area is 96.6 Å². The van der Waals surface area contributed by atoms with Crippen LogP contribution in [0.5, 0.6) is 0 Å². The van der Waals surface area contributed by atoms with Crippen LogP contribution in [0.3, 0.4) is 0 Å². The van der Waals surface area contributed by atoms with Crippen LogP contribution in [0.25, 0.3) is 10.4 Å². The summed E-state index contributed by atoms with van der Waals surface area (Å²) >= 11 is 0. The van der Waals surface area contributed by atoms with Crippen molar-refractivity contribution in [3.05, 3.63) is 10.4 Å². The van der Waals surface area contributed by atoms with Crippen molar-refractivity contribution in [1.82, 2.24) is 10.2 Å². The summed E-state index contributed by atoms with van der Waals surface area (Å²) in [6.45, 7) is 0.396. The number of carbonyl (C=O) groups is 3. The smallest absolute Gasteiger partial charge is 0.232 e. The number of nitrogens with one attached hydrogen (secondary N) is 1. The van der Waals surface area contributed by atoms with Gasteiger partial charge in [0.1, 0.15) is 6.54 Å². The van der Waals surface area contributed by atoms with Crippen molar-refractivity contribution in [2.75, 3.05) is 19.6 Å². The Morgan fingerprint density at radius 2 is 2.18 bits per heavy atom. The van der Waals surface area contributed by atoms with Crippen LogP contribution in [0.15, 0.2) is 5.11 Å². The van der Waals surface area contributed by atoms with Crippen molar-refractivity contribution in [3.8, 4) is 0 Å². The van der Waals surface area contributed by atoms with Crippen LogP contribution < -0.4 is 5.32 Å². The van der Waals surface area contributed by atoms with Gasteiger partial charge in [0.25, 0.3) is 0 Å². The fraction of sp³-hybridized carbons (Fsp3) is 0.667. The highest BCUT2D eigenvalue weighted by molar-refractivity contribution is 6.05. The molecule has 8 nitrogen and oxygen atoms in total. The number of hydrogen-bond acceptors (Lipinski definition) is 4. The molecule has 0 saturated carbocycles. The number of carbonyl (C=O) groups excluding carboxylic acids is 3. The topological polar surface area (TPSA) is 115 Å². The summed E-state index contributed by atoms with van der Waals surface area (Å²) in [4.78, 5) is 38.4. The van der Waals surface area contributed by atoms with E-state index in [0.29, 0.717) is 13.0 Å². The van der Waals surface area contributed by atoms with Gasteiger partial charge in [0, 0.05) is 18.0 Å². The number of rotatable bonds is 2. The second kappa shape index (κ2) is 4.42. The van der Waals surface area contributed by atoms with Gasteiger partial charge in [-0.15, -0.1) is 0 Å². The third-order valence-electron chi connectivity index (χ3n) is 3.15. The lowest BCUT2D eigenvalue weighted by atomic mass is 9.88. The minimum absolute atomic E-state index is 0.224. The predicted octanol–water partition coefficient (Wildman–Crippen LogP) is -0.582. The second-order valence-corrected chi connectivity index (χ2v) is 4.08. The summed E-state index contributed by atoms with van der Waals surface area (Å²) in [6, 6.07) is 0. The van der Waals surface area contributed by atoms with Gasteiger partial charge >= 0.3 is 0 Å². The Hall–Kier alpha value is -2.08. The van der Waals surface area contributed by atoms with E-state index in [9.17, 15) is 14.4 Å². The molecule has 90 valence electrons. The van der Waals surface area contributed by atoms with Gasteiger partial charge in [-0.05, 0) is 12.0 Å². The Morgan fingerprint density at radius 3 is 2.88 bits per heavy atom. The third kappa shape index (κ3) is 2.07. The van der Waals surface area contributed by atoms with Crippen molar-refractivity contribution in [2.45, 2.75) is 6.42 Å². The number of fused-ring (bicyclic) bond motifs is 1. The maximum atomic E-state index is 11.6. The number of hydrogen-bond donors (Lipinski definition) is 1. The fourth-order valence-corrected chi connectivity index (χ4v) is 2.26. The molecular formula is C9H11N5O3. The van der Waals surface area contributed by atoms with E-state index >= 15 is 0 Å². The molecule has 2 saturated heterocycles. The molecule has 17 heavy (non-hydrogen) atoms. The Kier molecular flexibility index (Phi) is 2.97. The molecule has 2 aliphatic rings. The van der Waals surface area contributed by atoms with Gasteiger partial charge in [-0.25, -0.2) is 0 Å². The summed E-state index contributed by atoms with van der Waals surface area (Å²) in [5.41, 5.74) is 8.12. The first-order chi connectivity index (χ1) is 8.13. The molecule has 0 radical (unpaired) electrons. The summed E-state index contributed by atoms with van der Waals surface area (Å²) in [6.07, 6.45) is 0.476. The SMILES string of the molecule is [N-]=[N+]=NCC(=O)N1CC[C@@H]2C(=O)NC(=O)[C@@H]2C1. The molecule has 2 aliphatic heterocycles. The number of nitrogens with zero attached hydrogens (tertiary/aromatic N) is 4. The van der Waals surface area contributed by atoms with Gasteiger partial charge in [0.2, 0.25) is 17.7 Å². The van der Waals surface area contributed by atoms with E-state index in [0.717, 1.165) is 0 Å². The van der Waals surface area contributed by atoms with Gasteiger partial charge in [-0.3, -0.25) is 19.7 Å². The monoisotopic (exact) mass is 237 g/mol. The average Bonchev–Trinajstić information content (AvgIpc) is 2.61. The molecular weight excluding hydrogens is 226 g/mol. The third-order valence-corrected chi connectivity index (χ3v) is 3.15. The molecule has 0 aliphatic carbocycles. The van der Waals surface area contributed by atoms with E-state index in [-0.39, 0.29) is 36.7 Å². The molecule has 0 aromatic carbocycles. The first kappa shape index (κ1) is 11.4. The van der Waals surface area contributed by atoms with E-state index in [1.807, 2.05) is 0 Å². The number of amides is 3. The Bertz CT molecular complexity index is 428. The van der Waals surface area contributed by atoms with Crippen LogP contribution in [0.4, 0.5) is 0 Å². The first-order valence-corrected chi connectivity index (χ1v) is 5.27. The normalized spacial score (nSPS) is 27.2. The molecule has 0 unspecified atom stereocenters. The second-order valence-electron chi connectivity index (χ2n) is 4.08. The molecule has 3 amide bonds. The molecule has 0 aromatic rings. The van der Waals surface area contributed by atoms with Crippen LogP contribution in [0.1, 0.15) is 6.42 Å².